The molecule has 1 saturated heterocycles. The second kappa shape index (κ2) is 10.8. The van der Waals surface area contributed by atoms with Gasteiger partial charge in [-0.2, -0.15) is 0 Å². The molecule has 0 unspecified atom stereocenters. The number of halogens is 3. The first-order valence-corrected chi connectivity index (χ1v) is 12.5. The van der Waals surface area contributed by atoms with E-state index in [1.54, 1.807) is 6.92 Å². The molecule has 4 rings (SSSR count). The predicted molar refractivity (Wildman–Crippen MR) is 129 cm³/mol. The van der Waals surface area contributed by atoms with Crippen molar-refractivity contribution in [2.45, 2.75) is 63.8 Å². The van der Waals surface area contributed by atoms with E-state index in [9.17, 15) is 37.8 Å². The Kier molecular flexibility index (Phi) is 7.84. The predicted octanol–water partition coefficient (Wildman–Crippen LogP) is 2.28. The van der Waals surface area contributed by atoms with Gasteiger partial charge in [0.25, 0.3) is 11.8 Å². The molecule has 206 valence electrons. The number of rotatable bonds is 8. The Hall–Kier alpha value is -3.38. The van der Waals surface area contributed by atoms with Gasteiger partial charge in [-0.25, -0.2) is 13.2 Å². The molecule has 2 bridgehead atoms. The molecule has 9 nitrogen and oxygen atoms in total. The van der Waals surface area contributed by atoms with E-state index in [1.807, 2.05) is 6.92 Å². The van der Waals surface area contributed by atoms with Gasteiger partial charge in [0, 0.05) is 43.0 Å². The summed E-state index contributed by atoms with van der Waals surface area (Å²) in [6, 6.07) is -0.254. The number of aromatic nitrogens is 1. The second-order valence-corrected chi connectivity index (χ2v) is 9.81. The maximum atomic E-state index is 14.1. The van der Waals surface area contributed by atoms with E-state index in [2.05, 4.69) is 5.32 Å². The zero-order valence-electron chi connectivity index (χ0n) is 21.1. The number of carbonyl (C=O) groups excluding carboxylic acids is 2. The number of nitrogens with zero attached hydrogens (tertiary/aromatic N) is 2. The Bertz CT molecular complexity index is 1290. The highest BCUT2D eigenvalue weighted by Gasteiger charge is 2.49. The lowest BCUT2D eigenvalue weighted by atomic mass is 9.89. The number of aliphatic hydroxyl groups excluding tert-OH is 1. The zero-order chi connectivity index (χ0) is 27.8. The Labute approximate surface area is 216 Å². The molecule has 1 aromatic heterocycles. The van der Waals surface area contributed by atoms with Crippen LogP contribution in [0.2, 0.25) is 0 Å². The van der Waals surface area contributed by atoms with E-state index >= 15 is 0 Å². The SMILES string of the molecule is CCCCOc1c2n(cc(C(=O)NCc3c(F)cc(F)cc3F)c1=O)[C@@H]1CN(C2=O)[C@@H](C)CC[C@]1(O)CO. The number of pyridine rings is 1. The van der Waals surface area contributed by atoms with Crippen LogP contribution >= 0.6 is 0 Å². The fourth-order valence-electron chi connectivity index (χ4n) is 4.95. The third kappa shape index (κ3) is 4.90. The summed E-state index contributed by atoms with van der Waals surface area (Å²) in [6.07, 6.45) is 2.93. The topological polar surface area (TPSA) is 121 Å². The number of nitrogens with one attached hydrogen (secondary N) is 1. The molecule has 0 spiro atoms. The van der Waals surface area contributed by atoms with E-state index in [1.165, 1.54) is 9.47 Å². The van der Waals surface area contributed by atoms with Gasteiger partial charge in [0.15, 0.2) is 11.4 Å². The molecule has 3 heterocycles. The summed E-state index contributed by atoms with van der Waals surface area (Å²) >= 11 is 0. The quantitative estimate of drug-likeness (QED) is 0.445. The molecule has 12 heteroatoms. The van der Waals surface area contributed by atoms with Gasteiger partial charge in [-0.15, -0.1) is 0 Å². The molecular weight excluding hydrogens is 507 g/mol. The third-order valence-electron chi connectivity index (χ3n) is 7.30. The van der Waals surface area contributed by atoms with Crippen molar-refractivity contribution in [1.82, 2.24) is 14.8 Å². The van der Waals surface area contributed by atoms with Crippen molar-refractivity contribution in [1.29, 1.82) is 0 Å². The Morgan fingerprint density at radius 3 is 2.55 bits per heavy atom. The summed E-state index contributed by atoms with van der Waals surface area (Å²) in [6.45, 7) is 2.49. The third-order valence-corrected chi connectivity index (χ3v) is 7.30. The average molecular weight is 538 g/mol. The molecule has 0 aliphatic carbocycles. The van der Waals surface area contributed by atoms with Crippen LogP contribution in [0.1, 0.15) is 72.0 Å². The van der Waals surface area contributed by atoms with E-state index in [4.69, 9.17) is 4.74 Å². The van der Waals surface area contributed by atoms with Crippen LogP contribution in [-0.2, 0) is 6.54 Å². The summed E-state index contributed by atoms with van der Waals surface area (Å²) in [7, 11) is 0. The van der Waals surface area contributed by atoms with Crippen molar-refractivity contribution < 1.29 is 37.7 Å². The van der Waals surface area contributed by atoms with Gasteiger partial charge in [-0.3, -0.25) is 14.4 Å². The van der Waals surface area contributed by atoms with Crippen molar-refractivity contribution >= 4 is 11.8 Å². The van der Waals surface area contributed by atoms with Crippen LogP contribution in [0.4, 0.5) is 13.2 Å². The molecule has 3 N–H and O–H groups in total. The van der Waals surface area contributed by atoms with E-state index in [0.717, 1.165) is 12.6 Å². The minimum absolute atomic E-state index is 0.0222. The number of fused-ring (bicyclic) bond motifs is 4. The number of unbranched alkanes of at least 4 members (excludes halogenated alkanes) is 1. The summed E-state index contributed by atoms with van der Waals surface area (Å²) in [4.78, 5) is 41.6. The van der Waals surface area contributed by atoms with Crippen LogP contribution in [0, 0.1) is 17.5 Å². The molecule has 3 atom stereocenters. The highest BCUT2D eigenvalue weighted by Crippen LogP contribution is 2.40. The summed E-state index contributed by atoms with van der Waals surface area (Å²) < 4.78 is 48.4. The van der Waals surface area contributed by atoms with Gasteiger partial charge < -0.3 is 29.7 Å². The zero-order valence-corrected chi connectivity index (χ0v) is 21.1. The first-order chi connectivity index (χ1) is 18.0. The first kappa shape index (κ1) is 27.6. The largest absolute Gasteiger partial charge is 0.487 e. The van der Waals surface area contributed by atoms with Crippen LogP contribution in [0.15, 0.2) is 23.1 Å². The number of benzene rings is 1. The van der Waals surface area contributed by atoms with E-state index in [0.29, 0.717) is 25.0 Å². The number of amides is 2. The summed E-state index contributed by atoms with van der Waals surface area (Å²) in [5.41, 5.74) is -3.80. The lowest BCUT2D eigenvalue weighted by Crippen LogP contribution is -2.53. The van der Waals surface area contributed by atoms with Crippen LogP contribution in [0.5, 0.6) is 5.75 Å². The van der Waals surface area contributed by atoms with Gasteiger partial charge in [0.2, 0.25) is 5.43 Å². The lowest BCUT2D eigenvalue weighted by molar-refractivity contribution is -0.0636. The van der Waals surface area contributed by atoms with Crippen LogP contribution in [0.3, 0.4) is 0 Å². The molecule has 0 saturated carbocycles. The monoisotopic (exact) mass is 537 g/mol. The Morgan fingerprint density at radius 1 is 1.24 bits per heavy atom. The number of carbonyl (C=O) groups is 2. The Balaban J connectivity index is 1.81. The van der Waals surface area contributed by atoms with Crippen LogP contribution in [0.25, 0.3) is 0 Å². The molecule has 1 fully saturated rings. The molecule has 2 aliphatic heterocycles. The average Bonchev–Trinajstić information content (AvgIpc) is 2.98. The fourth-order valence-corrected chi connectivity index (χ4v) is 4.95. The highest BCUT2D eigenvalue weighted by molar-refractivity contribution is 5.99. The molecule has 2 aliphatic rings. The summed E-state index contributed by atoms with van der Waals surface area (Å²) in [5, 5.41) is 23.7. The normalized spacial score (nSPS) is 22.6. The fraction of sp³-hybridized carbons (Fsp3) is 0.500. The lowest BCUT2D eigenvalue weighted by Gasteiger charge is -2.42. The van der Waals surface area contributed by atoms with Crippen molar-refractivity contribution in [3.63, 3.8) is 0 Å². The van der Waals surface area contributed by atoms with Crippen molar-refractivity contribution in [2.75, 3.05) is 19.8 Å². The van der Waals surface area contributed by atoms with E-state index < -0.39 is 70.6 Å². The van der Waals surface area contributed by atoms with Crippen molar-refractivity contribution in [3.8, 4) is 5.75 Å². The molecule has 2 aromatic rings. The van der Waals surface area contributed by atoms with Crippen LogP contribution in [-0.4, -0.2) is 62.9 Å². The van der Waals surface area contributed by atoms with Gasteiger partial charge in [-0.1, -0.05) is 13.3 Å². The summed E-state index contributed by atoms with van der Waals surface area (Å²) in [5.74, 6) is -5.44. The molecule has 38 heavy (non-hydrogen) atoms. The Morgan fingerprint density at radius 2 is 1.92 bits per heavy atom. The number of hydrogen-bond donors (Lipinski definition) is 3. The number of hydrogen-bond acceptors (Lipinski definition) is 6. The van der Waals surface area contributed by atoms with Gasteiger partial charge >= 0.3 is 0 Å². The van der Waals surface area contributed by atoms with E-state index in [-0.39, 0.29) is 37.1 Å². The number of aliphatic hydroxyl groups is 2. The second-order valence-electron chi connectivity index (χ2n) is 9.81. The van der Waals surface area contributed by atoms with Crippen molar-refractivity contribution in [2.24, 2.45) is 0 Å². The van der Waals surface area contributed by atoms with Gasteiger partial charge in [0.05, 0.1) is 19.3 Å². The molecular formula is C26H30F3N3O6. The van der Waals surface area contributed by atoms with Gasteiger partial charge in [0.1, 0.15) is 28.6 Å². The highest BCUT2D eigenvalue weighted by atomic mass is 19.1. The standard InChI is InChI=1S/C26H30F3N3O6/c1-3-4-7-38-23-21-25(36)31-12-20(26(37,13-33)6-5-14(31)2)32(21)11-17(22(23)34)24(35)30-10-16-18(28)8-15(27)9-19(16)29/h8-9,11,14,20,33,37H,3-7,10,12-13H2,1-2H3,(H,30,35)/t14-,20+,26-/m0/s1. The number of ether oxygens (including phenoxy) is 1. The smallest absolute Gasteiger partial charge is 0.274 e. The first-order valence-electron chi connectivity index (χ1n) is 12.5. The maximum absolute atomic E-state index is 14.1. The van der Waals surface area contributed by atoms with Gasteiger partial charge in [-0.05, 0) is 26.2 Å². The molecule has 0 radical (unpaired) electrons. The van der Waals surface area contributed by atoms with Crippen LogP contribution < -0.4 is 15.5 Å². The van der Waals surface area contributed by atoms with Crippen molar-refractivity contribution in [3.05, 3.63) is 62.8 Å². The minimum Gasteiger partial charge on any atom is -0.487 e. The minimum atomic E-state index is -1.66. The molecule has 1 aromatic carbocycles. The molecule has 2 amide bonds. The maximum Gasteiger partial charge on any atom is 0.274 e.